The summed E-state index contributed by atoms with van der Waals surface area (Å²) < 4.78 is 18.3. The van der Waals surface area contributed by atoms with Crippen LogP contribution in [0.1, 0.15) is 13.8 Å². The molecule has 0 saturated carbocycles. The summed E-state index contributed by atoms with van der Waals surface area (Å²) >= 11 is 3.06. The molecule has 2 aliphatic heterocycles. The van der Waals surface area contributed by atoms with Gasteiger partial charge >= 0.3 is 98.1 Å². The third-order valence-electron chi connectivity index (χ3n) is 2.87. The topological polar surface area (TPSA) is 30.9 Å². The summed E-state index contributed by atoms with van der Waals surface area (Å²) in [4.78, 5) is 2.13. The number of ether oxygens (including phenoxy) is 3. The number of piperidine rings is 1. The predicted octanol–water partition coefficient (Wildman–Crippen LogP) is 0.144. The van der Waals surface area contributed by atoms with Crippen LogP contribution >= 0.6 is 0 Å². The molecule has 4 nitrogen and oxygen atoms in total. The van der Waals surface area contributed by atoms with Crippen LogP contribution in [0.15, 0.2) is 0 Å². The van der Waals surface area contributed by atoms with Crippen molar-refractivity contribution in [2.75, 3.05) is 20.7 Å². The molecule has 0 aromatic carbocycles. The fourth-order valence-corrected chi connectivity index (χ4v) is 2.54. The van der Waals surface area contributed by atoms with Crippen LogP contribution in [-0.4, -0.2) is 54.2 Å². The van der Waals surface area contributed by atoms with Crippen LogP contribution < -0.4 is 0 Å². The molecule has 0 aliphatic carbocycles. The summed E-state index contributed by atoms with van der Waals surface area (Å²) in [5.41, 5.74) is 0. The molecule has 15 heavy (non-hydrogen) atoms. The van der Waals surface area contributed by atoms with Crippen molar-refractivity contribution in [1.82, 2.24) is 4.90 Å². The summed E-state index contributed by atoms with van der Waals surface area (Å²) in [7, 11) is 3.75. The Morgan fingerprint density at radius 3 is 2.73 bits per heavy atom. The monoisotopic (exact) mass is 251 g/mol. The molecule has 0 amide bonds. The number of likely N-dealkylation sites (N-methyl/N-ethyl adjacent to an activating group) is 1. The molecule has 0 aromatic heterocycles. The molecule has 0 aromatic rings. The first-order valence-corrected chi connectivity index (χ1v) is 5.72. The van der Waals surface area contributed by atoms with Gasteiger partial charge in [0.25, 0.3) is 0 Å². The second-order valence-electron chi connectivity index (χ2n) is 4.51. The molecule has 2 saturated heterocycles. The van der Waals surface area contributed by atoms with Crippen LogP contribution in [0.3, 0.4) is 0 Å². The summed E-state index contributed by atoms with van der Waals surface area (Å²) in [6, 6.07) is 0. The van der Waals surface area contributed by atoms with E-state index in [-0.39, 0.29) is 18.3 Å². The van der Waals surface area contributed by atoms with Gasteiger partial charge in [-0.1, -0.05) is 0 Å². The van der Waals surface area contributed by atoms with E-state index in [9.17, 15) is 0 Å². The average molecular weight is 251 g/mol. The fourth-order valence-electron chi connectivity index (χ4n) is 2.14. The minimum atomic E-state index is -0.521. The Hall–Kier alpha value is 0.242. The van der Waals surface area contributed by atoms with Gasteiger partial charge < -0.3 is 0 Å². The Morgan fingerprint density at radius 1 is 1.47 bits per heavy atom. The second-order valence-corrected chi connectivity index (χ2v) is 5.17. The zero-order valence-corrected chi connectivity index (χ0v) is 10.8. The Morgan fingerprint density at radius 2 is 2.13 bits per heavy atom. The second kappa shape index (κ2) is 3.92. The van der Waals surface area contributed by atoms with Crippen molar-refractivity contribution in [2.45, 2.75) is 37.9 Å². The van der Waals surface area contributed by atoms with Crippen molar-refractivity contribution in [3.8, 4) is 0 Å². The molecule has 2 heterocycles. The van der Waals surface area contributed by atoms with Crippen molar-refractivity contribution < 1.29 is 30.1 Å². The summed E-state index contributed by atoms with van der Waals surface area (Å²) in [6.45, 7) is 4.70. The van der Waals surface area contributed by atoms with Crippen LogP contribution in [0, 0.1) is 0 Å². The predicted molar refractivity (Wildman–Crippen MR) is 52.3 cm³/mol. The van der Waals surface area contributed by atoms with Crippen molar-refractivity contribution in [1.29, 1.82) is 0 Å². The van der Waals surface area contributed by atoms with Gasteiger partial charge in [0.1, 0.15) is 0 Å². The first kappa shape index (κ1) is 11.7. The molecule has 0 N–H and O–H groups in total. The number of hydrogen-bond donors (Lipinski definition) is 0. The molecule has 0 unspecified atom stereocenters. The van der Waals surface area contributed by atoms with Gasteiger partial charge in [-0.3, -0.25) is 0 Å². The maximum atomic E-state index is 5.86. The molecule has 2 fully saturated rings. The number of likely N-dealkylation sites (tertiary alicyclic amines) is 1. The van der Waals surface area contributed by atoms with Gasteiger partial charge in [-0.25, -0.2) is 0 Å². The third-order valence-corrected chi connectivity index (χ3v) is 3.72. The van der Waals surface area contributed by atoms with E-state index < -0.39 is 5.79 Å². The molecule has 2 rings (SSSR count). The Balaban J connectivity index is 2.22. The van der Waals surface area contributed by atoms with Gasteiger partial charge in [-0.2, -0.15) is 0 Å². The van der Waals surface area contributed by atoms with Gasteiger partial charge in [0.2, 0.25) is 0 Å². The zero-order chi connectivity index (χ0) is 11.2. The number of fused-ring (bicyclic) bond motifs is 1. The number of nitrogens with zero attached hydrogens (tertiary/aromatic N) is 1. The van der Waals surface area contributed by atoms with E-state index in [0.29, 0.717) is 0 Å². The number of hydrogen-bond acceptors (Lipinski definition) is 4. The summed E-state index contributed by atoms with van der Waals surface area (Å²) in [5, 5.41) is 0. The van der Waals surface area contributed by atoms with Gasteiger partial charge in [-0.15, -0.1) is 0 Å². The van der Waals surface area contributed by atoms with Crippen LogP contribution in [0.2, 0.25) is 0 Å². The van der Waals surface area contributed by atoms with E-state index in [1.807, 2.05) is 20.9 Å². The number of rotatable bonds is 1. The van der Waals surface area contributed by atoms with Crippen LogP contribution in [0.5, 0.6) is 0 Å². The van der Waals surface area contributed by atoms with E-state index in [0.717, 1.165) is 11.0 Å². The SMILES string of the molecule is CO[C@@H]1CN(C)[C](=[Cr])[C@@H]2OC(C)(C)O[C@H]12. The van der Waals surface area contributed by atoms with Gasteiger partial charge in [0.15, 0.2) is 0 Å². The standard InChI is InChI=1S/C10H17NO3.Cr/c1-10(2)13-8-6-11(3)5-7(12-4)9(8)14-10;/h7-9H,5H2,1-4H3;/t7-,8+,9-;/m1./s1. The Labute approximate surface area is 98.4 Å². The van der Waals surface area contributed by atoms with Gasteiger partial charge in [0.05, 0.1) is 0 Å². The van der Waals surface area contributed by atoms with E-state index in [1.54, 1.807) is 7.11 Å². The van der Waals surface area contributed by atoms with Crippen molar-refractivity contribution >= 4 is 4.50 Å². The first-order valence-electron chi connectivity index (χ1n) is 5.08. The van der Waals surface area contributed by atoms with Crippen LogP contribution in [-0.2, 0) is 30.1 Å². The van der Waals surface area contributed by atoms with Crippen molar-refractivity contribution in [3.05, 3.63) is 0 Å². The molecular formula is C10H17CrNO3. The summed E-state index contributed by atoms with van der Waals surface area (Å²) in [5.74, 6) is -0.521. The van der Waals surface area contributed by atoms with Gasteiger partial charge in [0, 0.05) is 0 Å². The third kappa shape index (κ3) is 2.05. The maximum absolute atomic E-state index is 5.86. The molecular weight excluding hydrogens is 234 g/mol. The van der Waals surface area contributed by atoms with Gasteiger partial charge in [-0.05, 0) is 0 Å². The van der Waals surface area contributed by atoms with E-state index in [2.05, 4.69) is 20.8 Å². The molecule has 3 atom stereocenters. The van der Waals surface area contributed by atoms with Crippen molar-refractivity contribution in [3.63, 3.8) is 0 Å². The average Bonchev–Trinajstić information content (AvgIpc) is 2.48. The van der Waals surface area contributed by atoms with E-state index >= 15 is 0 Å². The summed E-state index contributed by atoms with van der Waals surface area (Å²) in [6.07, 6.45) is 0.0417. The zero-order valence-electron chi connectivity index (χ0n) is 9.52. The molecule has 5 heteroatoms. The first-order chi connectivity index (χ1) is 6.94. The quantitative estimate of drug-likeness (QED) is 0.663. The fraction of sp³-hybridized carbons (Fsp3) is 0.900. The van der Waals surface area contributed by atoms with Crippen molar-refractivity contribution in [2.24, 2.45) is 0 Å². The normalized spacial score (nSPS) is 40.5. The van der Waals surface area contributed by atoms with Crippen LogP contribution in [0.25, 0.3) is 0 Å². The molecule has 0 radical (unpaired) electrons. The van der Waals surface area contributed by atoms with Crippen LogP contribution in [0.4, 0.5) is 0 Å². The minimum absolute atomic E-state index is 0.00236. The number of methoxy groups -OCH3 is 1. The van der Waals surface area contributed by atoms with E-state index in [4.69, 9.17) is 14.2 Å². The molecule has 2 aliphatic rings. The Bertz CT molecular complexity index is 282. The molecule has 86 valence electrons. The molecule has 0 spiro atoms. The molecule has 0 bridgehead atoms. The Kier molecular flexibility index (Phi) is 3.06. The van der Waals surface area contributed by atoms with E-state index in [1.165, 1.54) is 0 Å².